The molecule has 4 rings (SSSR count). The second-order valence-corrected chi connectivity index (χ2v) is 7.85. The molecule has 1 aromatic heterocycles. The molecular formula is C25H20F3N3O3. The third kappa shape index (κ3) is 4.63. The molecule has 1 amide bonds. The quantitative estimate of drug-likeness (QED) is 0.479. The third-order valence-electron chi connectivity index (χ3n) is 5.40. The zero-order valence-corrected chi connectivity index (χ0v) is 18.1. The van der Waals surface area contributed by atoms with Gasteiger partial charge in [-0.05, 0) is 36.8 Å². The molecule has 3 aromatic carbocycles. The monoisotopic (exact) mass is 467 g/mol. The lowest BCUT2D eigenvalue weighted by atomic mass is 10.1. The molecule has 0 saturated carbocycles. The van der Waals surface area contributed by atoms with Crippen molar-refractivity contribution in [2.24, 2.45) is 0 Å². The van der Waals surface area contributed by atoms with Gasteiger partial charge in [0.25, 0.3) is 5.56 Å². The molecule has 9 heteroatoms. The minimum absolute atomic E-state index is 0.0126. The van der Waals surface area contributed by atoms with Crippen LogP contribution in [0, 0.1) is 6.92 Å². The summed E-state index contributed by atoms with van der Waals surface area (Å²) in [6, 6.07) is 18.2. The van der Waals surface area contributed by atoms with Gasteiger partial charge >= 0.3 is 11.9 Å². The Labute approximate surface area is 191 Å². The molecule has 0 spiro atoms. The van der Waals surface area contributed by atoms with Gasteiger partial charge in [0.2, 0.25) is 5.91 Å². The van der Waals surface area contributed by atoms with Crippen molar-refractivity contribution in [3.63, 3.8) is 0 Å². The zero-order chi connectivity index (χ0) is 24.5. The normalized spacial score (nSPS) is 11.5. The number of alkyl halides is 3. The molecule has 0 aliphatic carbocycles. The standard InChI is InChI=1S/C25H20F3N3O3/c1-16-10-12-17(13-11-16)14-31-23(33)18-6-2-5-9-21(18)30(24(31)34)15-22(32)29-20-8-4-3-7-19(20)25(26,27)28/h2-13H,14-15H2,1H3,(H,29,32). The average molecular weight is 467 g/mol. The molecule has 0 bridgehead atoms. The molecule has 0 unspecified atom stereocenters. The molecule has 0 aliphatic rings. The van der Waals surface area contributed by atoms with Crippen LogP contribution in [0.3, 0.4) is 0 Å². The number of carbonyl (C=O) groups is 1. The first-order valence-electron chi connectivity index (χ1n) is 10.4. The molecule has 1 heterocycles. The summed E-state index contributed by atoms with van der Waals surface area (Å²) >= 11 is 0. The summed E-state index contributed by atoms with van der Waals surface area (Å²) in [6.07, 6.45) is -4.66. The second-order valence-electron chi connectivity index (χ2n) is 7.85. The molecule has 34 heavy (non-hydrogen) atoms. The molecule has 0 saturated heterocycles. The van der Waals surface area contributed by atoms with Crippen molar-refractivity contribution < 1.29 is 18.0 Å². The fraction of sp³-hybridized carbons (Fsp3) is 0.160. The molecule has 6 nitrogen and oxygen atoms in total. The number of hydrogen-bond acceptors (Lipinski definition) is 3. The van der Waals surface area contributed by atoms with Crippen LogP contribution in [0.4, 0.5) is 18.9 Å². The molecule has 4 aromatic rings. The highest BCUT2D eigenvalue weighted by molar-refractivity contribution is 5.92. The summed E-state index contributed by atoms with van der Waals surface area (Å²) in [4.78, 5) is 39.0. The maximum Gasteiger partial charge on any atom is 0.418 e. The van der Waals surface area contributed by atoms with Crippen LogP contribution < -0.4 is 16.6 Å². The molecule has 0 fully saturated rings. The van der Waals surface area contributed by atoms with E-state index in [1.807, 2.05) is 19.1 Å². The average Bonchev–Trinajstić information content (AvgIpc) is 2.80. The van der Waals surface area contributed by atoms with E-state index in [1.165, 1.54) is 24.3 Å². The van der Waals surface area contributed by atoms with Crippen LogP contribution in [-0.4, -0.2) is 15.0 Å². The number of nitrogens with zero attached hydrogens (tertiary/aromatic N) is 2. The van der Waals surface area contributed by atoms with E-state index < -0.39 is 41.1 Å². The van der Waals surface area contributed by atoms with Crippen LogP contribution in [-0.2, 0) is 24.1 Å². The lowest BCUT2D eigenvalue weighted by molar-refractivity contribution is -0.137. The van der Waals surface area contributed by atoms with Gasteiger partial charge in [-0.15, -0.1) is 0 Å². The van der Waals surface area contributed by atoms with E-state index in [1.54, 1.807) is 24.3 Å². The van der Waals surface area contributed by atoms with Crippen molar-refractivity contribution in [2.45, 2.75) is 26.2 Å². The van der Waals surface area contributed by atoms with Crippen LogP contribution in [0.5, 0.6) is 0 Å². The molecule has 0 atom stereocenters. The predicted molar refractivity (Wildman–Crippen MR) is 123 cm³/mol. The Kier molecular flexibility index (Phi) is 6.10. The Hall–Kier alpha value is -4.14. The molecule has 0 radical (unpaired) electrons. The summed E-state index contributed by atoms with van der Waals surface area (Å²) in [6.45, 7) is 1.33. The number of aromatic nitrogens is 2. The first-order valence-corrected chi connectivity index (χ1v) is 10.4. The number of rotatable bonds is 5. The lowest BCUT2D eigenvalue weighted by Crippen LogP contribution is -2.42. The van der Waals surface area contributed by atoms with Crippen molar-refractivity contribution in [2.75, 3.05) is 5.32 Å². The SMILES string of the molecule is Cc1ccc(Cn2c(=O)c3ccccc3n(CC(=O)Nc3ccccc3C(F)(F)F)c2=O)cc1. The number of aryl methyl sites for hydroxylation is 1. The largest absolute Gasteiger partial charge is 0.418 e. The van der Waals surface area contributed by atoms with Gasteiger partial charge in [0.1, 0.15) is 6.54 Å². The van der Waals surface area contributed by atoms with Gasteiger partial charge in [0, 0.05) is 0 Å². The van der Waals surface area contributed by atoms with Crippen molar-refractivity contribution in [3.8, 4) is 0 Å². The van der Waals surface area contributed by atoms with E-state index in [0.29, 0.717) is 0 Å². The van der Waals surface area contributed by atoms with E-state index in [0.717, 1.165) is 32.4 Å². The zero-order valence-electron chi connectivity index (χ0n) is 18.1. The Morgan fingerprint density at radius 2 is 1.53 bits per heavy atom. The highest BCUT2D eigenvalue weighted by Gasteiger charge is 2.33. The topological polar surface area (TPSA) is 73.1 Å². The predicted octanol–water partition coefficient (Wildman–Crippen LogP) is 4.18. The number of anilines is 1. The van der Waals surface area contributed by atoms with Gasteiger partial charge in [-0.25, -0.2) is 4.79 Å². The number of para-hydroxylation sites is 2. The van der Waals surface area contributed by atoms with Gasteiger partial charge < -0.3 is 5.32 Å². The number of amides is 1. The highest BCUT2D eigenvalue weighted by Crippen LogP contribution is 2.34. The van der Waals surface area contributed by atoms with E-state index in [-0.39, 0.29) is 17.4 Å². The summed E-state index contributed by atoms with van der Waals surface area (Å²) in [5, 5.41) is 2.46. The Morgan fingerprint density at radius 1 is 0.882 bits per heavy atom. The Bertz CT molecular complexity index is 1490. The van der Waals surface area contributed by atoms with Crippen LogP contribution in [0.15, 0.2) is 82.4 Å². The van der Waals surface area contributed by atoms with E-state index in [2.05, 4.69) is 5.32 Å². The first kappa shape index (κ1) is 23.0. The van der Waals surface area contributed by atoms with Gasteiger partial charge in [-0.1, -0.05) is 54.1 Å². The van der Waals surface area contributed by atoms with Crippen LogP contribution in [0.1, 0.15) is 16.7 Å². The van der Waals surface area contributed by atoms with Crippen LogP contribution in [0.25, 0.3) is 10.9 Å². The third-order valence-corrected chi connectivity index (χ3v) is 5.40. The second kappa shape index (κ2) is 9.01. The van der Waals surface area contributed by atoms with Gasteiger partial charge in [0.15, 0.2) is 0 Å². The van der Waals surface area contributed by atoms with Crippen LogP contribution >= 0.6 is 0 Å². The van der Waals surface area contributed by atoms with Crippen LogP contribution in [0.2, 0.25) is 0 Å². The number of nitrogens with one attached hydrogen (secondary N) is 1. The van der Waals surface area contributed by atoms with Crippen molar-refractivity contribution in [3.05, 3.63) is 110 Å². The van der Waals surface area contributed by atoms with Crippen molar-refractivity contribution >= 4 is 22.5 Å². The maximum atomic E-state index is 13.3. The van der Waals surface area contributed by atoms with Gasteiger partial charge in [-0.3, -0.25) is 18.7 Å². The van der Waals surface area contributed by atoms with Gasteiger partial charge in [-0.2, -0.15) is 13.2 Å². The summed E-state index contributed by atoms with van der Waals surface area (Å²) < 4.78 is 42.0. The smallest absolute Gasteiger partial charge is 0.324 e. The van der Waals surface area contributed by atoms with E-state index in [4.69, 9.17) is 0 Å². The van der Waals surface area contributed by atoms with Gasteiger partial charge in [0.05, 0.1) is 28.7 Å². The number of benzene rings is 3. The fourth-order valence-electron chi connectivity index (χ4n) is 3.71. The lowest BCUT2D eigenvalue weighted by Gasteiger charge is -2.16. The van der Waals surface area contributed by atoms with Crippen molar-refractivity contribution in [1.82, 2.24) is 9.13 Å². The number of hydrogen-bond donors (Lipinski definition) is 1. The summed E-state index contributed by atoms with van der Waals surface area (Å²) in [7, 11) is 0. The van der Waals surface area contributed by atoms with Crippen molar-refractivity contribution in [1.29, 1.82) is 0 Å². The minimum atomic E-state index is -4.66. The number of fused-ring (bicyclic) bond motifs is 1. The molecule has 174 valence electrons. The van der Waals surface area contributed by atoms with E-state index >= 15 is 0 Å². The molecule has 0 aliphatic heterocycles. The minimum Gasteiger partial charge on any atom is -0.324 e. The summed E-state index contributed by atoms with van der Waals surface area (Å²) in [5.74, 6) is -0.829. The maximum absolute atomic E-state index is 13.3. The Balaban J connectivity index is 1.74. The highest BCUT2D eigenvalue weighted by atomic mass is 19.4. The number of carbonyl (C=O) groups excluding carboxylic acids is 1. The molecule has 1 N–H and O–H groups in total. The summed E-state index contributed by atoms with van der Waals surface area (Å²) in [5.41, 5.74) is -0.700. The number of halogens is 3. The first-order chi connectivity index (χ1) is 16.1. The Morgan fingerprint density at radius 3 is 2.24 bits per heavy atom. The fourth-order valence-corrected chi connectivity index (χ4v) is 3.71. The molecular weight excluding hydrogens is 447 g/mol. The van der Waals surface area contributed by atoms with E-state index in [9.17, 15) is 27.6 Å².